The van der Waals surface area contributed by atoms with Crippen LogP contribution in [-0.4, -0.2) is 6.54 Å². The number of rotatable bonds is 0. The normalized spacial score (nSPS) is 11.7. The molecule has 12 heavy (non-hydrogen) atoms. The van der Waals surface area contributed by atoms with Crippen LogP contribution in [0.3, 0.4) is 0 Å². The third kappa shape index (κ3) is 2.00. The summed E-state index contributed by atoms with van der Waals surface area (Å²) < 4.78 is 0. The monoisotopic (exact) mass is 160 g/mol. The third-order valence-electron chi connectivity index (χ3n) is 1.73. The molecule has 2 rings (SSSR count). The van der Waals surface area contributed by atoms with Gasteiger partial charge in [-0.25, -0.2) is 0 Å². The van der Waals surface area contributed by atoms with Gasteiger partial charge in [-0.3, -0.25) is 0 Å². The average molecular weight is 160 g/mol. The average Bonchev–Trinajstić information content (AvgIpc) is 2.52. The van der Waals surface area contributed by atoms with Crippen LogP contribution in [0.15, 0.2) is 24.3 Å². The summed E-state index contributed by atoms with van der Waals surface area (Å²) in [6.45, 7) is 2.54. The number of fused-ring (bicyclic) bond motifs is 1. The molecule has 1 aliphatic rings. The molecule has 1 aromatic carbocycles. The molecule has 2 nitrogen and oxygen atoms in total. The van der Waals surface area contributed by atoms with Crippen LogP contribution in [0.5, 0.6) is 0 Å². The summed E-state index contributed by atoms with van der Waals surface area (Å²) in [7, 11) is 0. The lowest BCUT2D eigenvalue weighted by Gasteiger charge is -1.94. The molecule has 0 unspecified atom stereocenters. The summed E-state index contributed by atoms with van der Waals surface area (Å²) in [4.78, 5) is 0. The van der Waals surface area contributed by atoms with Crippen molar-refractivity contribution in [3.05, 3.63) is 29.8 Å². The highest BCUT2D eigenvalue weighted by atomic mass is 14.9. The Morgan fingerprint density at radius 3 is 2.75 bits per heavy atom. The van der Waals surface area contributed by atoms with Gasteiger partial charge in [0.15, 0.2) is 0 Å². The fraction of sp³-hybridized carbons (Fsp3) is 0.300. The SMILES string of the molecule is CC#N.c1ccc2c(c1)CCN2. The van der Waals surface area contributed by atoms with Crippen molar-refractivity contribution in [2.24, 2.45) is 0 Å². The van der Waals surface area contributed by atoms with Crippen LogP contribution in [0, 0.1) is 11.3 Å². The van der Waals surface area contributed by atoms with Crippen molar-refractivity contribution in [2.45, 2.75) is 13.3 Å². The zero-order valence-electron chi connectivity index (χ0n) is 7.17. The van der Waals surface area contributed by atoms with E-state index in [-0.39, 0.29) is 0 Å². The Kier molecular flexibility index (Phi) is 3.16. The fourth-order valence-corrected chi connectivity index (χ4v) is 1.24. The van der Waals surface area contributed by atoms with Gasteiger partial charge in [-0.2, -0.15) is 5.26 Å². The summed E-state index contributed by atoms with van der Waals surface area (Å²) in [6.07, 6.45) is 1.19. The van der Waals surface area contributed by atoms with Crippen molar-refractivity contribution in [1.82, 2.24) is 0 Å². The van der Waals surface area contributed by atoms with Crippen LogP contribution in [0.4, 0.5) is 5.69 Å². The molecule has 0 amide bonds. The zero-order valence-corrected chi connectivity index (χ0v) is 7.17. The molecule has 0 aliphatic carbocycles. The number of hydrogen-bond donors (Lipinski definition) is 1. The lowest BCUT2D eigenvalue weighted by Crippen LogP contribution is -1.90. The van der Waals surface area contributed by atoms with Crippen molar-refractivity contribution >= 4 is 5.69 Å². The van der Waals surface area contributed by atoms with Crippen LogP contribution in [0.25, 0.3) is 0 Å². The van der Waals surface area contributed by atoms with E-state index < -0.39 is 0 Å². The Labute approximate surface area is 72.8 Å². The zero-order chi connectivity index (χ0) is 8.81. The molecule has 0 bridgehead atoms. The van der Waals surface area contributed by atoms with E-state index in [2.05, 4.69) is 29.6 Å². The summed E-state index contributed by atoms with van der Waals surface area (Å²) >= 11 is 0. The first-order valence-corrected chi connectivity index (χ1v) is 4.01. The van der Waals surface area contributed by atoms with Gasteiger partial charge >= 0.3 is 0 Å². The minimum Gasteiger partial charge on any atom is -0.384 e. The van der Waals surface area contributed by atoms with Gasteiger partial charge in [-0.1, -0.05) is 18.2 Å². The largest absolute Gasteiger partial charge is 0.384 e. The molecule has 0 aromatic heterocycles. The summed E-state index contributed by atoms with van der Waals surface area (Å²) in [5.41, 5.74) is 2.77. The molecule has 62 valence electrons. The van der Waals surface area contributed by atoms with Crippen LogP contribution in [-0.2, 0) is 6.42 Å². The fourth-order valence-electron chi connectivity index (χ4n) is 1.24. The maximum atomic E-state index is 7.32. The Bertz CT molecular complexity index is 263. The molecule has 2 heteroatoms. The highest BCUT2D eigenvalue weighted by Crippen LogP contribution is 2.19. The minimum absolute atomic E-state index is 1.11. The number of para-hydroxylation sites is 1. The van der Waals surface area contributed by atoms with Gasteiger partial charge in [0.2, 0.25) is 0 Å². The molecule has 0 saturated carbocycles. The number of benzene rings is 1. The van der Waals surface area contributed by atoms with Gasteiger partial charge in [-0.15, -0.1) is 0 Å². The van der Waals surface area contributed by atoms with E-state index in [0.717, 1.165) is 6.54 Å². The molecular formula is C10H12N2. The predicted molar refractivity (Wildman–Crippen MR) is 49.9 cm³/mol. The molecule has 1 aromatic rings. The number of nitriles is 1. The van der Waals surface area contributed by atoms with Crippen LogP contribution >= 0.6 is 0 Å². The summed E-state index contributed by atoms with van der Waals surface area (Å²) in [5.74, 6) is 0. The van der Waals surface area contributed by atoms with Gasteiger partial charge in [0.1, 0.15) is 0 Å². The Hall–Kier alpha value is -1.49. The Morgan fingerprint density at radius 1 is 1.42 bits per heavy atom. The van der Waals surface area contributed by atoms with Crippen molar-refractivity contribution in [3.63, 3.8) is 0 Å². The minimum atomic E-state index is 1.11. The van der Waals surface area contributed by atoms with E-state index >= 15 is 0 Å². The quantitative estimate of drug-likeness (QED) is 0.631. The lowest BCUT2D eigenvalue weighted by molar-refractivity contribution is 1.11. The van der Waals surface area contributed by atoms with Gasteiger partial charge in [0.05, 0.1) is 6.07 Å². The second kappa shape index (κ2) is 4.40. The van der Waals surface area contributed by atoms with E-state index in [9.17, 15) is 0 Å². The van der Waals surface area contributed by atoms with Crippen molar-refractivity contribution in [2.75, 3.05) is 11.9 Å². The third-order valence-corrected chi connectivity index (χ3v) is 1.73. The molecule has 1 N–H and O–H groups in total. The van der Waals surface area contributed by atoms with E-state index in [1.54, 1.807) is 6.07 Å². The molecule has 0 fully saturated rings. The lowest BCUT2D eigenvalue weighted by atomic mass is 10.2. The molecule has 0 atom stereocenters. The standard InChI is InChI=1S/C8H9N.C2H3N/c1-2-4-8-7(3-1)5-6-9-8;1-2-3/h1-4,9H,5-6H2;1H3. The van der Waals surface area contributed by atoms with Gasteiger partial charge in [0, 0.05) is 19.2 Å². The first kappa shape index (κ1) is 8.61. The number of nitrogens with one attached hydrogen (secondary N) is 1. The molecular weight excluding hydrogens is 148 g/mol. The van der Waals surface area contributed by atoms with Crippen LogP contribution in [0.1, 0.15) is 12.5 Å². The van der Waals surface area contributed by atoms with Crippen LogP contribution in [0.2, 0.25) is 0 Å². The first-order chi connectivity index (χ1) is 5.88. The van der Waals surface area contributed by atoms with Gasteiger partial charge in [0.25, 0.3) is 0 Å². The maximum Gasteiger partial charge on any atom is 0.0587 e. The highest BCUT2D eigenvalue weighted by Gasteiger charge is 2.05. The second-order valence-electron chi connectivity index (χ2n) is 2.56. The van der Waals surface area contributed by atoms with Crippen molar-refractivity contribution < 1.29 is 0 Å². The van der Waals surface area contributed by atoms with E-state index in [1.807, 2.05) is 0 Å². The van der Waals surface area contributed by atoms with Crippen LogP contribution < -0.4 is 5.32 Å². The smallest absolute Gasteiger partial charge is 0.0587 e. The van der Waals surface area contributed by atoms with Gasteiger partial charge in [-0.05, 0) is 18.1 Å². The van der Waals surface area contributed by atoms with E-state index in [0.29, 0.717) is 0 Å². The van der Waals surface area contributed by atoms with Crippen molar-refractivity contribution in [3.8, 4) is 6.07 Å². The number of nitrogens with zero attached hydrogens (tertiary/aromatic N) is 1. The number of hydrogen-bond acceptors (Lipinski definition) is 2. The predicted octanol–water partition coefficient (Wildman–Crippen LogP) is 2.18. The molecule has 0 spiro atoms. The second-order valence-corrected chi connectivity index (χ2v) is 2.56. The molecule has 1 heterocycles. The van der Waals surface area contributed by atoms with Gasteiger partial charge < -0.3 is 5.32 Å². The van der Waals surface area contributed by atoms with Crippen molar-refractivity contribution in [1.29, 1.82) is 5.26 Å². The Morgan fingerprint density at radius 2 is 2.08 bits per heavy atom. The van der Waals surface area contributed by atoms with E-state index in [1.165, 1.54) is 24.6 Å². The summed E-state index contributed by atoms with van der Waals surface area (Å²) in [5, 5.41) is 10.6. The Balaban J connectivity index is 0.000000213. The molecule has 0 radical (unpaired) electrons. The highest BCUT2D eigenvalue weighted by molar-refractivity contribution is 5.54. The molecule has 0 saturated heterocycles. The van der Waals surface area contributed by atoms with E-state index in [4.69, 9.17) is 5.26 Å². The maximum absolute atomic E-state index is 7.32. The molecule has 1 aliphatic heterocycles. The number of anilines is 1. The summed E-state index contributed by atoms with van der Waals surface area (Å²) in [6, 6.07) is 10.2. The first-order valence-electron chi connectivity index (χ1n) is 4.01. The topological polar surface area (TPSA) is 35.8 Å².